The van der Waals surface area contributed by atoms with Gasteiger partial charge in [-0.3, -0.25) is 4.57 Å². The molecule has 0 radical (unpaired) electrons. The summed E-state index contributed by atoms with van der Waals surface area (Å²) in [5.41, 5.74) is 12.5. The Balaban J connectivity index is 1.04. The highest BCUT2D eigenvalue weighted by atomic mass is 16.5. The molecule has 3 aromatic heterocycles. The number of pyridine rings is 1. The molecule has 0 unspecified atom stereocenters. The van der Waals surface area contributed by atoms with Gasteiger partial charge in [-0.25, -0.2) is 4.98 Å². The van der Waals surface area contributed by atoms with Crippen molar-refractivity contribution in [3.05, 3.63) is 182 Å². The maximum Gasteiger partial charge on any atom is 0.139 e. The minimum absolute atomic E-state index is 0.0998. The summed E-state index contributed by atoms with van der Waals surface area (Å²) in [5, 5.41) is 4.62. The number of ether oxygens (including phenoxy) is 1. The van der Waals surface area contributed by atoms with E-state index in [-0.39, 0.29) is 5.41 Å². The summed E-state index contributed by atoms with van der Waals surface area (Å²) in [7, 11) is 2.16. The molecule has 0 aliphatic carbocycles. The molecule has 0 N–H and O–H groups in total. The van der Waals surface area contributed by atoms with Crippen molar-refractivity contribution in [1.29, 1.82) is 0 Å². The first-order chi connectivity index (χ1) is 28.8. The van der Waals surface area contributed by atoms with E-state index in [1.807, 2.05) is 6.20 Å². The van der Waals surface area contributed by atoms with Gasteiger partial charge in [0.2, 0.25) is 0 Å². The van der Waals surface area contributed by atoms with Gasteiger partial charge in [0.1, 0.15) is 17.3 Å². The standard InChI is InChI=1S/C53H43N5O/c1-53(2,3)37-28-39(56-34-55(4)48-26-23-36(27-51(48)56)35-15-7-5-8-16-35)30-41(29-37)59-40-24-25-44-42-19-11-14-22-47(42)58(49(44)31-40)52-32-50-45(33-54-52)43-20-12-13-21-46(43)57(50)38-17-9-6-10-18-38/h5-33H,34H2,1-4H3. The molecule has 10 aromatic rings. The van der Waals surface area contributed by atoms with E-state index in [4.69, 9.17) is 9.72 Å². The third kappa shape index (κ3) is 5.82. The Kier molecular flexibility index (Phi) is 7.92. The van der Waals surface area contributed by atoms with Gasteiger partial charge < -0.3 is 19.1 Å². The Morgan fingerprint density at radius 1 is 0.492 bits per heavy atom. The number of aromatic nitrogens is 3. The second-order valence-corrected chi connectivity index (χ2v) is 16.7. The lowest BCUT2D eigenvalue weighted by Gasteiger charge is -2.26. The van der Waals surface area contributed by atoms with Crippen molar-refractivity contribution in [1.82, 2.24) is 14.1 Å². The highest BCUT2D eigenvalue weighted by Gasteiger charge is 2.27. The molecule has 4 heterocycles. The summed E-state index contributed by atoms with van der Waals surface area (Å²) in [6.45, 7) is 7.53. The van der Waals surface area contributed by atoms with Crippen LogP contribution >= 0.6 is 0 Å². The second kappa shape index (κ2) is 13.4. The first kappa shape index (κ1) is 34.9. The molecule has 0 fully saturated rings. The smallest absolute Gasteiger partial charge is 0.139 e. The summed E-state index contributed by atoms with van der Waals surface area (Å²) in [6, 6.07) is 60.5. The molecule has 0 atom stereocenters. The summed E-state index contributed by atoms with van der Waals surface area (Å²) < 4.78 is 11.6. The van der Waals surface area contributed by atoms with E-state index in [0.29, 0.717) is 0 Å². The minimum atomic E-state index is -0.0998. The first-order valence-corrected chi connectivity index (χ1v) is 20.3. The van der Waals surface area contributed by atoms with Crippen LogP contribution in [0.5, 0.6) is 11.5 Å². The molecule has 59 heavy (non-hydrogen) atoms. The Morgan fingerprint density at radius 3 is 1.92 bits per heavy atom. The molecule has 7 aromatic carbocycles. The fraction of sp³-hybridized carbons (Fsp3) is 0.113. The fourth-order valence-corrected chi connectivity index (χ4v) is 8.92. The number of hydrogen-bond acceptors (Lipinski definition) is 4. The molecule has 0 spiro atoms. The number of anilines is 3. The monoisotopic (exact) mass is 765 g/mol. The maximum absolute atomic E-state index is 6.93. The van der Waals surface area contributed by atoms with Gasteiger partial charge in [-0.2, -0.15) is 0 Å². The van der Waals surface area contributed by atoms with Gasteiger partial charge in [0, 0.05) is 64.4 Å². The number of benzene rings is 7. The Hall–Kier alpha value is -7.31. The lowest BCUT2D eigenvalue weighted by Crippen LogP contribution is -2.24. The normalized spacial score (nSPS) is 12.9. The van der Waals surface area contributed by atoms with Crippen LogP contribution in [-0.4, -0.2) is 27.8 Å². The lowest BCUT2D eigenvalue weighted by atomic mass is 9.86. The first-order valence-electron chi connectivity index (χ1n) is 20.3. The summed E-state index contributed by atoms with van der Waals surface area (Å²) in [6.07, 6.45) is 2.03. The second-order valence-electron chi connectivity index (χ2n) is 16.7. The lowest BCUT2D eigenvalue weighted by molar-refractivity contribution is 0.479. The minimum Gasteiger partial charge on any atom is -0.457 e. The van der Waals surface area contributed by atoms with Crippen LogP contribution in [0.1, 0.15) is 26.3 Å². The number of para-hydroxylation sites is 3. The average molecular weight is 766 g/mol. The number of fused-ring (bicyclic) bond motifs is 7. The molecule has 6 heteroatoms. The van der Waals surface area contributed by atoms with Crippen molar-refractivity contribution in [2.45, 2.75) is 26.2 Å². The molecule has 0 saturated carbocycles. The van der Waals surface area contributed by atoms with Gasteiger partial charge in [0.15, 0.2) is 0 Å². The third-order valence-corrected chi connectivity index (χ3v) is 11.9. The van der Waals surface area contributed by atoms with E-state index >= 15 is 0 Å². The van der Waals surface area contributed by atoms with Crippen LogP contribution in [0.4, 0.5) is 17.1 Å². The van der Waals surface area contributed by atoms with Crippen LogP contribution in [0.3, 0.4) is 0 Å². The molecule has 1 aliphatic heterocycles. The van der Waals surface area contributed by atoms with E-state index in [2.05, 4.69) is 217 Å². The van der Waals surface area contributed by atoms with Crippen LogP contribution < -0.4 is 14.5 Å². The Labute approximate surface area is 343 Å². The average Bonchev–Trinajstić information content (AvgIpc) is 3.90. The topological polar surface area (TPSA) is 38.5 Å². The molecule has 11 rings (SSSR count). The molecule has 0 bridgehead atoms. The van der Waals surface area contributed by atoms with E-state index in [1.165, 1.54) is 38.8 Å². The largest absolute Gasteiger partial charge is 0.457 e. The van der Waals surface area contributed by atoms with Crippen LogP contribution in [0.25, 0.3) is 66.2 Å². The van der Waals surface area contributed by atoms with Crippen molar-refractivity contribution in [3.8, 4) is 34.1 Å². The van der Waals surface area contributed by atoms with Crippen molar-refractivity contribution in [3.63, 3.8) is 0 Å². The molecular weight excluding hydrogens is 723 g/mol. The SMILES string of the molecule is CN1CN(c2cc(Oc3ccc4c5ccccc5n(-c5cc6c(cn5)c5ccccc5n6-c5ccccc5)c4c3)cc(C(C)(C)C)c2)c2cc(-c3ccccc3)ccc21. The van der Waals surface area contributed by atoms with Crippen LogP contribution in [0.2, 0.25) is 0 Å². The van der Waals surface area contributed by atoms with E-state index < -0.39 is 0 Å². The summed E-state index contributed by atoms with van der Waals surface area (Å²) >= 11 is 0. The van der Waals surface area contributed by atoms with E-state index in [0.717, 1.165) is 68.2 Å². The van der Waals surface area contributed by atoms with Crippen molar-refractivity contribution >= 4 is 60.7 Å². The van der Waals surface area contributed by atoms with Crippen molar-refractivity contribution < 1.29 is 4.74 Å². The fourth-order valence-electron chi connectivity index (χ4n) is 8.92. The predicted octanol–water partition coefficient (Wildman–Crippen LogP) is 13.6. The summed E-state index contributed by atoms with van der Waals surface area (Å²) in [5.74, 6) is 2.42. The predicted molar refractivity (Wildman–Crippen MR) is 245 cm³/mol. The quantitative estimate of drug-likeness (QED) is 0.169. The zero-order valence-corrected chi connectivity index (χ0v) is 33.6. The molecular formula is C53H43N5O. The molecule has 0 amide bonds. The maximum atomic E-state index is 6.93. The zero-order valence-electron chi connectivity index (χ0n) is 33.6. The highest BCUT2D eigenvalue weighted by Crippen LogP contribution is 2.45. The van der Waals surface area contributed by atoms with Gasteiger partial charge in [0.05, 0.1) is 40.1 Å². The zero-order chi connectivity index (χ0) is 39.8. The van der Waals surface area contributed by atoms with Crippen LogP contribution in [0, 0.1) is 0 Å². The van der Waals surface area contributed by atoms with E-state index in [9.17, 15) is 0 Å². The third-order valence-electron chi connectivity index (χ3n) is 11.9. The van der Waals surface area contributed by atoms with Gasteiger partial charge >= 0.3 is 0 Å². The molecule has 6 nitrogen and oxygen atoms in total. The number of nitrogens with zero attached hydrogens (tertiary/aromatic N) is 5. The Morgan fingerprint density at radius 2 is 1.15 bits per heavy atom. The summed E-state index contributed by atoms with van der Waals surface area (Å²) in [4.78, 5) is 9.88. The highest BCUT2D eigenvalue weighted by molar-refractivity contribution is 6.11. The van der Waals surface area contributed by atoms with Gasteiger partial charge in [0.25, 0.3) is 0 Å². The van der Waals surface area contributed by atoms with Gasteiger partial charge in [-0.1, -0.05) is 112 Å². The van der Waals surface area contributed by atoms with E-state index in [1.54, 1.807) is 0 Å². The van der Waals surface area contributed by atoms with Gasteiger partial charge in [-0.15, -0.1) is 0 Å². The van der Waals surface area contributed by atoms with Crippen LogP contribution in [0.15, 0.2) is 176 Å². The van der Waals surface area contributed by atoms with Crippen molar-refractivity contribution in [2.75, 3.05) is 23.5 Å². The van der Waals surface area contributed by atoms with Gasteiger partial charge in [-0.05, 0) is 82.8 Å². The van der Waals surface area contributed by atoms with Crippen molar-refractivity contribution in [2.24, 2.45) is 0 Å². The Bertz CT molecular complexity index is 3230. The molecule has 286 valence electrons. The molecule has 1 aliphatic rings. The van der Waals surface area contributed by atoms with Crippen LogP contribution in [-0.2, 0) is 5.41 Å². The number of hydrogen-bond donors (Lipinski definition) is 0. The number of rotatable bonds is 6. The molecule has 0 saturated heterocycles.